The van der Waals surface area contributed by atoms with Gasteiger partial charge in [-0.05, 0) is 13.0 Å². The second-order valence-electron chi connectivity index (χ2n) is 5.06. The first-order valence-corrected chi connectivity index (χ1v) is 6.95. The molecular weight excluding hydrogens is 296 g/mol. The minimum Gasteiger partial charge on any atom is -0.493 e. The molecule has 23 heavy (non-hydrogen) atoms. The summed E-state index contributed by atoms with van der Waals surface area (Å²) in [5.41, 5.74) is 8.49. The van der Waals surface area contributed by atoms with Crippen LogP contribution in [0.25, 0.3) is 0 Å². The predicted octanol–water partition coefficient (Wildman–Crippen LogP) is 1.95. The van der Waals surface area contributed by atoms with Crippen LogP contribution in [0.15, 0.2) is 29.7 Å². The van der Waals surface area contributed by atoms with Gasteiger partial charge in [0.2, 0.25) is 11.8 Å². The van der Waals surface area contributed by atoms with E-state index in [0.29, 0.717) is 23.0 Å². The number of aromatic amines is 1. The van der Waals surface area contributed by atoms with Gasteiger partial charge in [-0.25, -0.2) is 5.10 Å². The van der Waals surface area contributed by atoms with E-state index in [1.807, 2.05) is 19.1 Å². The standard InChI is InChI=1S/C16H16N4O3/c1-8-12-13(9-5-4-6-11(21-2)14(9)22-3)10(7-17)15(18)23-16(12)20-19-8/h4-6,13H,18H2,1-3H3,(H,19,20). The van der Waals surface area contributed by atoms with E-state index in [1.54, 1.807) is 20.3 Å². The minimum absolute atomic E-state index is 0.0542. The molecule has 2 heterocycles. The Labute approximate surface area is 133 Å². The molecule has 3 N–H and O–H groups in total. The van der Waals surface area contributed by atoms with Crippen molar-refractivity contribution in [2.24, 2.45) is 5.73 Å². The molecule has 0 spiro atoms. The molecule has 0 saturated heterocycles. The summed E-state index contributed by atoms with van der Waals surface area (Å²) in [4.78, 5) is 0. The molecule has 1 aliphatic heterocycles. The highest BCUT2D eigenvalue weighted by Gasteiger charge is 2.36. The number of para-hydroxylation sites is 1. The number of rotatable bonds is 3. The fraction of sp³-hybridized carbons (Fsp3) is 0.250. The van der Waals surface area contributed by atoms with Gasteiger partial charge in [0.1, 0.15) is 11.6 Å². The zero-order valence-corrected chi connectivity index (χ0v) is 13.0. The molecule has 118 valence electrons. The molecule has 0 bridgehead atoms. The highest BCUT2D eigenvalue weighted by atomic mass is 16.5. The molecule has 1 aromatic carbocycles. The molecule has 1 aliphatic rings. The number of hydrogen-bond acceptors (Lipinski definition) is 6. The number of nitrogens with two attached hydrogens (primary N) is 1. The maximum absolute atomic E-state index is 9.57. The first kappa shape index (κ1) is 14.8. The van der Waals surface area contributed by atoms with Crippen LogP contribution in [0.4, 0.5) is 0 Å². The van der Waals surface area contributed by atoms with Gasteiger partial charge in [0.05, 0.1) is 31.4 Å². The summed E-state index contributed by atoms with van der Waals surface area (Å²) in [7, 11) is 3.12. The summed E-state index contributed by atoms with van der Waals surface area (Å²) < 4.78 is 16.3. The van der Waals surface area contributed by atoms with Crippen molar-refractivity contribution < 1.29 is 14.2 Å². The van der Waals surface area contributed by atoms with Gasteiger partial charge in [0.15, 0.2) is 11.5 Å². The van der Waals surface area contributed by atoms with Crippen molar-refractivity contribution in [1.82, 2.24) is 10.2 Å². The monoisotopic (exact) mass is 312 g/mol. The quantitative estimate of drug-likeness (QED) is 0.897. The Bertz CT molecular complexity index is 832. The summed E-state index contributed by atoms with van der Waals surface area (Å²) >= 11 is 0. The fourth-order valence-electron chi connectivity index (χ4n) is 2.86. The van der Waals surface area contributed by atoms with E-state index >= 15 is 0 Å². The van der Waals surface area contributed by atoms with Gasteiger partial charge in [-0.1, -0.05) is 12.1 Å². The van der Waals surface area contributed by atoms with Crippen molar-refractivity contribution >= 4 is 0 Å². The fourth-order valence-corrected chi connectivity index (χ4v) is 2.86. The Morgan fingerprint density at radius 2 is 2.13 bits per heavy atom. The third-order valence-corrected chi connectivity index (χ3v) is 3.88. The lowest BCUT2D eigenvalue weighted by atomic mass is 9.83. The lowest BCUT2D eigenvalue weighted by Gasteiger charge is -2.25. The summed E-state index contributed by atoms with van der Waals surface area (Å²) in [6.07, 6.45) is 0. The molecule has 3 rings (SSSR count). The highest BCUT2D eigenvalue weighted by molar-refractivity contribution is 5.60. The number of allylic oxidation sites excluding steroid dienone is 1. The van der Waals surface area contributed by atoms with Crippen molar-refractivity contribution in [3.8, 4) is 23.4 Å². The number of ether oxygens (including phenoxy) is 3. The summed E-state index contributed by atoms with van der Waals surface area (Å²) in [5, 5.41) is 16.5. The van der Waals surface area contributed by atoms with Crippen molar-refractivity contribution in [3.05, 3.63) is 46.5 Å². The molecule has 1 atom stereocenters. The smallest absolute Gasteiger partial charge is 0.221 e. The van der Waals surface area contributed by atoms with Gasteiger partial charge in [0.25, 0.3) is 0 Å². The number of methoxy groups -OCH3 is 2. The lowest BCUT2D eigenvalue weighted by Crippen LogP contribution is -2.21. The zero-order valence-electron chi connectivity index (χ0n) is 13.0. The molecule has 1 unspecified atom stereocenters. The van der Waals surface area contributed by atoms with E-state index < -0.39 is 5.92 Å². The van der Waals surface area contributed by atoms with Crippen molar-refractivity contribution in [2.75, 3.05) is 14.2 Å². The van der Waals surface area contributed by atoms with Gasteiger partial charge in [-0.3, -0.25) is 0 Å². The van der Waals surface area contributed by atoms with Crippen LogP contribution in [0, 0.1) is 18.3 Å². The Morgan fingerprint density at radius 3 is 2.78 bits per heavy atom. The maximum Gasteiger partial charge on any atom is 0.221 e. The molecule has 7 nitrogen and oxygen atoms in total. The summed E-state index contributed by atoms with van der Waals surface area (Å²) in [5.74, 6) is 1.18. The Balaban J connectivity index is 2.30. The largest absolute Gasteiger partial charge is 0.493 e. The molecule has 1 aromatic heterocycles. The second kappa shape index (κ2) is 5.57. The van der Waals surface area contributed by atoms with Crippen LogP contribution in [0.3, 0.4) is 0 Å². The summed E-state index contributed by atoms with van der Waals surface area (Å²) in [6.45, 7) is 1.84. The molecule has 0 radical (unpaired) electrons. The lowest BCUT2D eigenvalue weighted by molar-refractivity contribution is 0.348. The van der Waals surface area contributed by atoms with Gasteiger partial charge < -0.3 is 19.9 Å². The van der Waals surface area contributed by atoms with E-state index in [9.17, 15) is 5.26 Å². The van der Waals surface area contributed by atoms with E-state index in [2.05, 4.69) is 16.3 Å². The molecule has 0 fully saturated rings. The molecule has 0 saturated carbocycles. The van der Waals surface area contributed by atoms with Crippen LogP contribution in [0.2, 0.25) is 0 Å². The molecular formula is C16H16N4O3. The predicted molar refractivity (Wildman–Crippen MR) is 82.2 cm³/mol. The third-order valence-electron chi connectivity index (χ3n) is 3.88. The minimum atomic E-state index is -0.437. The number of hydrogen-bond donors (Lipinski definition) is 2. The Hall–Kier alpha value is -3.14. The maximum atomic E-state index is 9.57. The molecule has 0 amide bonds. The molecule has 0 aliphatic carbocycles. The first-order chi connectivity index (χ1) is 11.1. The van der Waals surface area contributed by atoms with Crippen LogP contribution in [0.1, 0.15) is 22.7 Å². The molecule has 2 aromatic rings. The van der Waals surface area contributed by atoms with Crippen molar-refractivity contribution in [3.63, 3.8) is 0 Å². The Morgan fingerprint density at radius 1 is 1.35 bits per heavy atom. The average molecular weight is 312 g/mol. The van der Waals surface area contributed by atoms with Gasteiger partial charge in [-0.15, -0.1) is 0 Å². The van der Waals surface area contributed by atoms with Crippen LogP contribution in [-0.2, 0) is 0 Å². The highest BCUT2D eigenvalue weighted by Crippen LogP contribution is 2.47. The third kappa shape index (κ3) is 2.16. The summed E-state index contributed by atoms with van der Waals surface area (Å²) in [6, 6.07) is 7.65. The first-order valence-electron chi connectivity index (χ1n) is 6.95. The zero-order chi connectivity index (χ0) is 16.6. The van der Waals surface area contributed by atoms with Gasteiger partial charge in [0, 0.05) is 5.56 Å². The number of nitriles is 1. The average Bonchev–Trinajstić information content (AvgIpc) is 2.93. The number of nitrogens with one attached hydrogen (secondary N) is 1. The number of H-pyrrole nitrogens is 1. The van der Waals surface area contributed by atoms with E-state index in [4.69, 9.17) is 19.9 Å². The SMILES string of the molecule is COc1cccc(C2C(C#N)=C(N)Oc3[nH]nc(C)c32)c1OC. The van der Waals surface area contributed by atoms with Gasteiger partial charge >= 0.3 is 0 Å². The topological polar surface area (TPSA) is 106 Å². The van der Waals surface area contributed by atoms with Gasteiger partial charge in [-0.2, -0.15) is 10.4 Å². The van der Waals surface area contributed by atoms with Crippen molar-refractivity contribution in [2.45, 2.75) is 12.8 Å². The molecule has 7 heteroatoms. The van der Waals surface area contributed by atoms with Crippen LogP contribution < -0.4 is 19.9 Å². The van der Waals surface area contributed by atoms with Crippen molar-refractivity contribution in [1.29, 1.82) is 5.26 Å². The second-order valence-corrected chi connectivity index (χ2v) is 5.06. The van der Waals surface area contributed by atoms with Crippen LogP contribution in [0.5, 0.6) is 17.4 Å². The normalized spacial score (nSPS) is 16.3. The number of benzene rings is 1. The number of nitrogens with zero attached hydrogens (tertiary/aromatic N) is 2. The number of fused-ring (bicyclic) bond motifs is 1. The van der Waals surface area contributed by atoms with Crippen LogP contribution >= 0.6 is 0 Å². The van der Waals surface area contributed by atoms with E-state index in [1.165, 1.54) is 0 Å². The van der Waals surface area contributed by atoms with E-state index in [0.717, 1.165) is 16.8 Å². The van der Waals surface area contributed by atoms with Crippen LogP contribution in [-0.4, -0.2) is 24.4 Å². The number of aromatic nitrogens is 2. The number of aryl methyl sites for hydroxylation is 1. The van der Waals surface area contributed by atoms with E-state index in [-0.39, 0.29) is 5.88 Å². The Kier molecular flexibility index (Phi) is 3.58.